The molecule has 24 heavy (non-hydrogen) atoms. The normalized spacial score (nSPS) is 15.2. The van der Waals surface area contributed by atoms with Crippen LogP contribution < -0.4 is 5.32 Å². The zero-order chi connectivity index (χ0) is 17.2. The molecular formula is C17H23N5O2. The SMILES string of the molecule is CC(C)(C)OC(=O)N1CC(NCc2nncn2-c2ccccc2)C1. The molecule has 7 heteroatoms. The van der Waals surface area contributed by atoms with E-state index < -0.39 is 5.60 Å². The number of amides is 1. The van der Waals surface area contributed by atoms with Gasteiger partial charge in [0.15, 0.2) is 5.82 Å². The Morgan fingerprint density at radius 3 is 2.67 bits per heavy atom. The molecule has 1 amide bonds. The Balaban J connectivity index is 1.49. The molecular weight excluding hydrogens is 306 g/mol. The minimum Gasteiger partial charge on any atom is -0.444 e. The Morgan fingerprint density at radius 1 is 1.29 bits per heavy atom. The monoisotopic (exact) mass is 329 g/mol. The molecule has 1 aliphatic heterocycles. The van der Waals surface area contributed by atoms with Gasteiger partial charge in [0.25, 0.3) is 0 Å². The summed E-state index contributed by atoms with van der Waals surface area (Å²) < 4.78 is 7.31. The van der Waals surface area contributed by atoms with E-state index in [1.54, 1.807) is 11.2 Å². The number of nitrogens with one attached hydrogen (secondary N) is 1. The summed E-state index contributed by atoms with van der Waals surface area (Å²) in [5, 5.41) is 11.6. The number of carbonyl (C=O) groups excluding carboxylic acids is 1. The Bertz CT molecular complexity index is 687. The first kappa shape index (κ1) is 16.4. The number of nitrogens with zero attached hydrogens (tertiary/aromatic N) is 4. The summed E-state index contributed by atoms with van der Waals surface area (Å²) in [5.74, 6) is 0.844. The van der Waals surface area contributed by atoms with E-state index in [1.807, 2.05) is 55.7 Å². The number of rotatable bonds is 4. The number of ether oxygens (including phenoxy) is 1. The third-order valence-electron chi connectivity index (χ3n) is 3.73. The highest BCUT2D eigenvalue weighted by atomic mass is 16.6. The zero-order valence-corrected chi connectivity index (χ0v) is 14.3. The highest BCUT2D eigenvalue weighted by Crippen LogP contribution is 2.16. The van der Waals surface area contributed by atoms with Gasteiger partial charge >= 0.3 is 6.09 Å². The lowest BCUT2D eigenvalue weighted by Gasteiger charge is -2.40. The molecule has 128 valence electrons. The lowest BCUT2D eigenvalue weighted by Crippen LogP contribution is -2.60. The average Bonchev–Trinajstić information content (AvgIpc) is 2.93. The summed E-state index contributed by atoms with van der Waals surface area (Å²) in [4.78, 5) is 13.6. The highest BCUT2D eigenvalue weighted by Gasteiger charge is 2.33. The highest BCUT2D eigenvalue weighted by molar-refractivity contribution is 5.69. The summed E-state index contributed by atoms with van der Waals surface area (Å²) in [6.45, 7) is 7.51. The zero-order valence-electron chi connectivity index (χ0n) is 14.3. The standard InChI is InChI=1S/C17H23N5O2/c1-17(2,3)24-16(23)21-10-13(11-21)18-9-15-20-19-12-22(15)14-7-5-4-6-8-14/h4-8,12-13,18H,9-11H2,1-3H3. The van der Waals surface area contributed by atoms with Crippen LogP contribution >= 0.6 is 0 Å². The third kappa shape index (κ3) is 3.91. The van der Waals surface area contributed by atoms with Crippen LogP contribution in [-0.2, 0) is 11.3 Å². The second-order valence-corrected chi connectivity index (χ2v) is 6.92. The fourth-order valence-electron chi connectivity index (χ4n) is 2.50. The van der Waals surface area contributed by atoms with Gasteiger partial charge in [0.05, 0.1) is 6.54 Å². The lowest BCUT2D eigenvalue weighted by atomic mass is 10.1. The smallest absolute Gasteiger partial charge is 0.410 e. The van der Waals surface area contributed by atoms with E-state index >= 15 is 0 Å². The Kier molecular flexibility index (Phi) is 4.53. The Morgan fingerprint density at radius 2 is 2.00 bits per heavy atom. The van der Waals surface area contributed by atoms with Crippen LogP contribution in [0.25, 0.3) is 5.69 Å². The number of aromatic nitrogens is 3. The molecule has 2 heterocycles. The molecule has 1 aliphatic rings. The van der Waals surface area contributed by atoms with E-state index in [1.165, 1.54) is 0 Å². The topological polar surface area (TPSA) is 72.3 Å². The molecule has 0 bridgehead atoms. The minimum absolute atomic E-state index is 0.249. The van der Waals surface area contributed by atoms with Crippen molar-refractivity contribution in [3.8, 4) is 5.69 Å². The third-order valence-corrected chi connectivity index (χ3v) is 3.73. The van der Waals surface area contributed by atoms with E-state index in [2.05, 4.69) is 15.5 Å². The molecule has 7 nitrogen and oxygen atoms in total. The minimum atomic E-state index is -0.457. The first-order valence-electron chi connectivity index (χ1n) is 8.08. The number of para-hydroxylation sites is 1. The summed E-state index contributed by atoms with van der Waals surface area (Å²) in [6.07, 6.45) is 1.45. The van der Waals surface area contributed by atoms with Crippen LogP contribution in [0, 0.1) is 0 Å². The van der Waals surface area contributed by atoms with Gasteiger partial charge < -0.3 is 15.0 Å². The van der Waals surface area contributed by atoms with Gasteiger partial charge in [-0.25, -0.2) is 4.79 Å². The first-order chi connectivity index (χ1) is 11.4. The molecule has 1 fully saturated rings. The quantitative estimate of drug-likeness (QED) is 0.928. The van der Waals surface area contributed by atoms with Crippen molar-refractivity contribution in [3.63, 3.8) is 0 Å². The predicted octanol–water partition coefficient (Wildman–Crippen LogP) is 1.98. The molecule has 1 saturated heterocycles. The van der Waals surface area contributed by atoms with Gasteiger partial charge in [-0.05, 0) is 32.9 Å². The molecule has 3 rings (SSSR count). The molecule has 1 aromatic heterocycles. The predicted molar refractivity (Wildman–Crippen MR) is 89.8 cm³/mol. The van der Waals surface area contributed by atoms with Crippen LogP contribution in [0.1, 0.15) is 26.6 Å². The Hall–Kier alpha value is -2.41. The molecule has 1 N–H and O–H groups in total. The maximum absolute atomic E-state index is 11.9. The molecule has 1 aromatic carbocycles. The molecule has 0 saturated carbocycles. The molecule has 2 aromatic rings. The fraction of sp³-hybridized carbons (Fsp3) is 0.471. The van der Waals surface area contributed by atoms with Crippen molar-refractivity contribution in [2.24, 2.45) is 0 Å². The number of hydrogen-bond donors (Lipinski definition) is 1. The number of carbonyl (C=O) groups is 1. The fourth-order valence-corrected chi connectivity index (χ4v) is 2.50. The molecule has 0 radical (unpaired) electrons. The Labute approximate surface area is 141 Å². The number of likely N-dealkylation sites (tertiary alicyclic amines) is 1. The summed E-state index contributed by atoms with van der Waals surface area (Å²) in [6, 6.07) is 10.2. The van der Waals surface area contributed by atoms with Crippen molar-refractivity contribution >= 4 is 6.09 Å². The van der Waals surface area contributed by atoms with Gasteiger partial charge in [0.2, 0.25) is 0 Å². The maximum Gasteiger partial charge on any atom is 0.410 e. The van der Waals surface area contributed by atoms with Gasteiger partial charge in [-0.2, -0.15) is 0 Å². The first-order valence-corrected chi connectivity index (χ1v) is 8.08. The molecule has 0 spiro atoms. The average molecular weight is 329 g/mol. The van der Waals surface area contributed by atoms with E-state index in [0.717, 1.165) is 11.5 Å². The van der Waals surface area contributed by atoms with Crippen LogP contribution in [0.15, 0.2) is 36.7 Å². The van der Waals surface area contributed by atoms with Gasteiger partial charge in [0.1, 0.15) is 11.9 Å². The van der Waals surface area contributed by atoms with E-state index in [0.29, 0.717) is 19.6 Å². The number of hydrogen-bond acceptors (Lipinski definition) is 5. The molecule has 0 aliphatic carbocycles. The summed E-state index contributed by atoms with van der Waals surface area (Å²) in [5.41, 5.74) is 0.574. The van der Waals surface area contributed by atoms with Crippen molar-refractivity contribution in [1.29, 1.82) is 0 Å². The van der Waals surface area contributed by atoms with Gasteiger partial charge in [-0.1, -0.05) is 18.2 Å². The van der Waals surface area contributed by atoms with Crippen molar-refractivity contribution in [2.45, 2.75) is 39.0 Å². The van der Waals surface area contributed by atoms with Crippen molar-refractivity contribution < 1.29 is 9.53 Å². The summed E-state index contributed by atoms with van der Waals surface area (Å²) in [7, 11) is 0. The van der Waals surface area contributed by atoms with Crippen LogP contribution in [-0.4, -0.2) is 50.5 Å². The van der Waals surface area contributed by atoms with Crippen LogP contribution in [0.4, 0.5) is 4.79 Å². The lowest BCUT2D eigenvalue weighted by molar-refractivity contribution is 0.00512. The van der Waals surface area contributed by atoms with Gasteiger partial charge in [-0.15, -0.1) is 10.2 Å². The van der Waals surface area contributed by atoms with E-state index in [-0.39, 0.29) is 12.1 Å². The summed E-state index contributed by atoms with van der Waals surface area (Å²) >= 11 is 0. The molecule has 0 unspecified atom stereocenters. The van der Waals surface area contributed by atoms with Crippen molar-refractivity contribution in [3.05, 3.63) is 42.5 Å². The van der Waals surface area contributed by atoms with Crippen LogP contribution in [0.3, 0.4) is 0 Å². The van der Waals surface area contributed by atoms with Gasteiger partial charge in [0, 0.05) is 24.8 Å². The van der Waals surface area contributed by atoms with E-state index in [9.17, 15) is 4.79 Å². The van der Waals surface area contributed by atoms with Crippen LogP contribution in [0.5, 0.6) is 0 Å². The van der Waals surface area contributed by atoms with E-state index in [4.69, 9.17) is 4.74 Å². The second kappa shape index (κ2) is 6.60. The van der Waals surface area contributed by atoms with Gasteiger partial charge in [-0.3, -0.25) is 4.57 Å². The maximum atomic E-state index is 11.9. The van der Waals surface area contributed by atoms with Crippen molar-refractivity contribution in [2.75, 3.05) is 13.1 Å². The van der Waals surface area contributed by atoms with Crippen LogP contribution in [0.2, 0.25) is 0 Å². The largest absolute Gasteiger partial charge is 0.444 e. The second-order valence-electron chi connectivity index (χ2n) is 6.92. The number of benzene rings is 1. The van der Waals surface area contributed by atoms with Crippen molar-refractivity contribution in [1.82, 2.24) is 25.0 Å². The molecule has 0 atom stereocenters.